The molecule has 0 saturated carbocycles. The molecule has 0 fully saturated rings. The van der Waals surface area contributed by atoms with Crippen molar-refractivity contribution < 1.29 is 9.59 Å². The number of carbonyl (C=O) groups excluding carboxylic acids is 2. The van der Waals surface area contributed by atoms with E-state index in [-0.39, 0.29) is 11.9 Å². The highest BCUT2D eigenvalue weighted by Crippen LogP contribution is 2.28. The number of aryl methyl sites for hydroxylation is 1. The van der Waals surface area contributed by atoms with Crippen LogP contribution in [0.3, 0.4) is 0 Å². The maximum Gasteiger partial charge on any atom is 0.252 e. The highest BCUT2D eigenvalue weighted by molar-refractivity contribution is 6.07. The Morgan fingerprint density at radius 3 is 2.52 bits per heavy atom. The fraction of sp³-hybridized carbons (Fsp3) is 0.300. The molecule has 140 valence electrons. The van der Waals surface area contributed by atoms with Crippen molar-refractivity contribution in [3.8, 4) is 11.3 Å². The first kappa shape index (κ1) is 18.6. The van der Waals surface area contributed by atoms with Crippen LogP contribution in [0.4, 0.5) is 0 Å². The number of rotatable bonds is 5. The minimum atomic E-state index is -0.775. The van der Waals surface area contributed by atoms with Crippen molar-refractivity contribution >= 4 is 22.8 Å². The van der Waals surface area contributed by atoms with Crippen LogP contribution in [0, 0.1) is 6.92 Å². The van der Waals surface area contributed by atoms with Crippen molar-refractivity contribution in [3.63, 3.8) is 0 Å². The summed E-state index contributed by atoms with van der Waals surface area (Å²) < 4.78 is 1.78. The SMILES string of the molecule is Cc1ccccc1-c1cc(C(=O)NC(C)C(N)=O)c2cnn(C(C)C)c2n1. The zero-order valence-electron chi connectivity index (χ0n) is 15.9. The second-order valence-electron chi connectivity index (χ2n) is 6.89. The smallest absolute Gasteiger partial charge is 0.252 e. The molecule has 3 rings (SSSR count). The summed E-state index contributed by atoms with van der Waals surface area (Å²) in [5.74, 6) is -0.975. The Morgan fingerprint density at radius 2 is 1.89 bits per heavy atom. The third-order valence-electron chi connectivity index (χ3n) is 4.50. The number of hydrogen-bond acceptors (Lipinski definition) is 4. The zero-order chi connectivity index (χ0) is 19.7. The fourth-order valence-electron chi connectivity index (χ4n) is 2.93. The summed E-state index contributed by atoms with van der Waals surface area (Å²) >= 11 is 0. The average molecular weight is 365 g/mol. The van der Waals surface area contributed by atoms with E-state index in [1.165, 1.54) is 0 Å². The predicted octanol–water partition coefficient (Wildman–Crippen LogP) is 2.59. The summed E-state index contributed by atoms with van der Waals surface area (Å²) in [5.41, 5.74) is 8.99. The number of benzene rings is 1. The fourth-order valence-corrected chi connectivity index (χ4v) is 2.93. The first-order chi connectivity index (χ1) is 12.8. The van der Waals surface area contributed by atoms with Gasteiger partial charge in [-0.3, -0.25) is 9.59 Å². The Kier molecular flexibility index (Phi) is 4.94. The van der Waals surface area contributed by atoms with Crippen LogP contribution in [-0.2, 0) is 4.79 Å². The third-order valence-corrected chi connectivity index (χ3v) is 4.50. The van der Waals surface area contributed by atoms with Crippen LogP contribution in [-0.4, -0.2) is 32.6 Å². The van der Waals surface area contributed by atoms with Crippen molar-refractivity contribution in [3.05, 3.63) is 47.7 Å². The van der Waals surface area contributed by atoms with E-state index >= 15 is 0 Å². The van der Waals surface area contributed by atoms with E-state index in [0.717, 1.165) is 11.1 Å². The Balaban J connectivity index is 2.21. The monoisotopic (exact) mass is 365 g/mol. The number of fused-ring (bicyclic) bond motifs is 1. The van der Waals surface area contributed by atoms with Crippen molar-refractivity contribution in [1.82, 2.24) is 20.1 Å². The molecule has 0 radical (unpaired) electrons. The minimum absolute atomic E-state index is 0.0857. The largest absolute Gasteiger partial charge is 0.368 e. The lowest BCUT2D eigenvalue weighted by molar-refractivity contribution is -0.119. The molecule has 0 saturated heterocycles. The summed E-state index contributed by atoms with van der Waals surface area (Å²) in [6.07, 6.45) is 1.63. The second-order valence-corrected chi connectivity index (χ2v) is 6.89. The van der Waals surface area contributed by atoms with Crippen molar-refractivity contribution in [1.29, 1.82) is 0 Å². The quantitative estimate of drug-likeness (QED) is 0.725. The Bertz CT molecular complexity index is 1020. The van der Waals surface area contributed by atoms with E-state index in [0.29, 0.717) is 22.3 Å². The van der Waals surface area contributed by atoms with Gasteiger partial charge >= 0.3 is 0 Å². The molecule has 27 heavy (non-hydrogen) atoms. The summed E-state index contributed by atoms with van der Waals surface area (Å²) in [7, 11) is 0. The first-order valence-corrected chi connectivity index (χ1v) is 8.84. The summed E-state index contributed by atoms with van der Waals surface area (Å²) in [6.45, 7) is 7.56. The molecule has 0 bridgehead atoms. The van der Waals surface area contributed by atoms with Gasteiger partial charge in [-0.2, -0.15) is 5.10 Å². The number of nitrogens with one attached hydrogen (secondary N) is 1. The highest BCUT2D eigenvalue weighted by atomic mass is 16.2. The van der Waals surface area contributed by atoms with E-state index in [1.54, 1.807) is 23.9 Å². The number of hydrogen-bond donors (Lipinski definition) is 2. The second kappa shape index (κ2) is 7.19. The van der Waals surface area contributed by atoms with Gasteiger partial charge in [0, 0.05) is 11.6 Å². The standard InChI is InChI=1S/C20H23N5O2/c1-11(2)25-19-16(10-22-25)15(20(27)23-13(4)18(21)26)9-17(24-19)14-8-6-5-7-12(14)3/h5-11,13H,1-4H3,(H2,21,26)(H,23,27). The molecule has 2 heterocycles. The van der Waals surface area contributed by atoms with Crippen molar-refractivity contribution in [2.75, 3.05) is 0 Å². The molecule has 0 spiro atoms. The Hall–Kier alpha value is -3.22. The summed E-state index contributed by atoms with van der Waals surface area (Å²) in [6, 6.07) is 8.90. The van der Waals surface area contributed by atoms with E-state index in [2.05, 4.69) is 10.4 Å². The van der Waals surface area contributed by atoms with E-state index in [9.17, 15) is 9.59 Å². The van der Waals surface area contributed by atoms with Gasteiger partial charge in [0.05, 0.1) is 22.8 Å². The lowest BCUT2D eigenvalue weighted by Gasteiger charge is -2.14. The number of amides is 2. The molecule has 0 aliphatic heterocycles. The molecule has 0 aliphatic rings. The number of carbonyl (C=O) groups is 2. The maximum absolute atomic E-state index is 12.8. The van der Waals surface area contributed by atoms with Crippen LogP contribution < -0.4 is 11.1 Å². The molecule has 7 nitrogen and oxygen atoms in total. The Morgan fingerprint density at radius 1 is 1.19 bits per heavy atom. The molecule has 2 amide bonds. The Labute approximate surface area is 157 Å². The van der Waals surface area contributed by atoms with Crippen LogP contribution in [0.2, 0.25) is 0 Å². The van der Waals surface area contributed by atoms with E-state index < -0.39 is 11.9 Å². The number of aromatic nitrogens is 3. The highest BCUT2D eigenvalue weighted by Gasteiger charge is 2.21. The van der Waals surface area contributed by atoms with Gasteiger partial charge < -0.3 is 11.1 Å². The van der Waals surface area contributed by atoms with Gasteiger partial charge in [-0.1, -0.05) is 24.3 Å². The lowest BCUT2D eigenvalue weighted by Crippen LogP contribution is -2.42. The summed E-state index contributed by atoms with van der Waals surface area (Å²) in [5, 5.41) is 7.67. The number of nitrogens with zero attached hydrogens (tertiary/aromatic N) is 3. The third kappa shape index (κ3) is 3.53. The maximum atomic E-state index is 12.8. The average Bonchev–Trinajstić information content (AvgIpc) is 3.05. The van der Waals surface area contributed by atoms with Crippen LogP contribution in [0.15, 0.2) is 36.5 Å². The van der Waals surface area contributed by atoms with Crippen LogP contribution in [0.1, 0.15) is 42.7 Å². The van der Waals surface area contributed by atoms with E-state index in [1.807, 2.05) is 45.0 Å². The number of primary amides is 1. The van der Waals surface area contributed by atoms with Gasteiger partial charge in [0.15, 0.2) is 5.65 Å². The molecule has 2 aromatic heterocycles. The van der Waals surface area contributed by atoms with Gasteiger partial charge in [-0.05, 0) is 39.3 Å². The van der Waals surface area contributed by atoms with Gasteiger partial charge in [-0.25, -0.2) is 9.67 Å². The van der Waals surface area contributed by atoms with Gasteiger partial charge in [0.2, 0.25) is 5.91 Å². The predicted molar refractivity (Wildman–Crippen MR) is 104 cm³/mol. The van der Waals surface area contributed by atoms with Crippen molar-refractivity contribution in [2.24, 2.45) is 5.73 Å². The molecular weight excluding hydrogens is 342 g/mol. The molecule has 1 atom stereocenters. The van der Waals surface area contributed by atoms with E-state index in [4.69, 9.17) is 10.7 Å². The minimum Gasteiger partial charge on any atom is -0.368 e. The normalized spacial score (nSPS) is 12.3. The van der Waals surface area contributed by atoms with Crippen LogP contribution >= 0.6 is 0 Å². The van der Waals surface area contributed by atoms with Gasteiger partial charge in [-0.15, -0.1) is 0 Å². The van der Waals surface area contributed by atoms with Crippen LogP contribution in [0.25, 0.3) is 22.3 Å². The molecule has 1 aromatic carbocycles. The first-order valence-electron chi connectivity index (χ1n) is 8.84. The molecule has 7 heteroatoms. The zero-order valence-corrected chi connectivity index (χ0v) is 15.9. The molecule has 1 unspecified atom stereocenters. The topological polar surface area (TPSA) is 103 Å². The van der Waals surface area contributed by atoms with Gasteiger partial charge in [0.1, 0.15) is 6.04 Å². The lowest BCUT2D eigenvalue weighted by atomic mass is 10.0. The van der Waals surface area contributed by atoms with Gasteiger partial charge in [0.25, 0.3) is 5.91 Å². The van der Waals surface area contributed by atoms with Crippen molar-refractivity contribution in [2.45, 2.75) is 39.8 Å². The molecule has 3 aromatic rings. The number of pyridine rings is 1. The number of nitrogens with two attached hydrogens (primary N) is 1. The molecule has 3 N–H and O–H groups in total. The van der Waals surface area contributed by atoms with Crippen LogP contribution in [0.5, 0.6) is 0 Å². The summed E-state index contributed by atoms with van der Waals surface area (Å²) in [4.78, 5) is 28.9. The molecular formula is C20H23N5O2. The molecule has 0 aliphatic carbocycles.